The Kier molecular flexibility index (Phi) is 1.69. The van der Waals surface area contributed by atoms with Gasteiger partial charge in [0.15, 0.2) is 0 Å². The normalized spacial score (nSPS) is 25.3. The van der Waals surface area contributed by atoms with Crippen LogP contribution in [0.1, 0.15) is 19.8 Å². The van der Waals surface area contributed by atoms with Crippen LogP contribution in [0.4, 0.5) is 0 Å². The molecule has 0 aliphatic carbocycles. The van der Waals surface area contributed by atoms with E-state index in [0.29, 0.717) is 0 Å². The second-order valence-corrected chi connectivity index (χ2v) is 2.13. The summed E-state index contributed by atoms with van der Waals surface area (Å²) in [6.07, 6.45) is 2.47. The molecule has 0 unspecified atom stereocenters. The van der Waals surface area contributed by atoms with Crippen LogP contribution in [0.5, 0.6) is 0 Å². The molecule has 0 N–H and O–H groups in total. The summed E-state index contributed by atoms with van der Waals surface area (Å²) in [4.78, 5) is 0. The van der Waals surface area contributed by atoms with Gasteiger partial charge in [0.2, 0.25) is 0 Å². The Bertz CT molecular complexity index is 46.1. The fraction of sp³-hybridized carbons (Fsp3) is 0.833. The van der Waals surface area contributed by atoms with Gasteiger partial charge in [-0.1, -0.05) is 6.92 Å². The summed E-state index contributed by atoms with van der Waals surface area (Å²) < 4.78 is 0. The van der Waals surface area contributed by atoms with Gasteiger partial charge >= 0.3 is 0 Å². The minimum Gasteiger partial charge on any atom is -0.242 e. The zero-order chi connectivity index (χ0) is 5.11. The van der Waals surface area contributed by atoms with E-state index in [9.17, 15) is 0 Å². The highest BCUT2D eigenvalue weighted by Crippen LogP contribution is 2.11. The molecular weight excluding hydrogens is 86.1 g/mol. The average Bonchev–Trinajstić information content (AvgIpc) is 1.69. The molecule has 1 rings (SSSR count). The van der Waals surface area contributed by atoms with E-state index >= 15 is 0 Å². The van der Waals surface area contributed by atoms with Gasteiger partial charge in [0.25, 0.3) is 0 Å². The van der Waals surface area contributed by atoms with Crippen LogP contribution in [-0.4, -0.2) is 13.1 Å². The van der Waals surface area contributed by atoms with Gasteiger partial charge in [-0.05, 0) is 18.8 Å². The lowest BCUT2D eigenvalue weighted by molar-refractivity contribution is 0.543. The first-order valence-corrected chi connectivity index (χ1v) is 2.84. The standard InChI is InChI=1S/C6H11N/c1-6-2-4-7-5-3-6/h2-5H2,1H3. The van der Waals surface area contributed by atoms with Crippen molar-refractivity contribution in [3.05, 3.63) is 5.92 Å². The summed E-state index contributed by atoms with van der Waals surface area (Å²) in [6.45, 7) is 4.37. The monoisotopic (exact) mass is 97.1 g/mol. The van der Waals surface area contributed by atoms with Crippen molar-refractivity contribution in [2.24, 2.45) is 0 Å². The predicted molar refractivity (Wildman–Crippen MR) is 30.0 cm³/mol. The summed E-state index contributed by atoms with van der Waals surface area (Å²) in [5, 5.41) is 4.21. The Morgan fingerprint density at radius 3 is 2.14 bits per heavy atom. The third kappa shape index (κ3) is 1.48. The van der Waals surface area contributed by atoms with Crippen LogP contribution in [0.25, 0.3) is 0 Å². The first-order valence-electron chi connectivity index (χ1n) is 2.84. The Hall–Kier alpha value is -0.0400. The fourth-order valence-corrected chi connectivity index (χ4v) is 0.777. The molecule has 1 fully saturated rings. The summed E-state index contributed by atoms with van der Waals surface area (Å²) >= 11 is 0. The largest absolute Gasteiger partial charge is 0.242 e. The van der Waals surface area contributed by atoms with Gasteiger partial charge in [-0.15, -0.1) is 0 Å². The van der Waals surface area contributed by atoms with Crippen LogP contribution in [0.2, 0.25) is 0 Å². The van der Waals surface area contributed by atoms with E-state index < -0.39 is 0 Å². The lowest BCUT2D eigenvalue weighted by Crippen LogP contribution is -2.18. The van der Waals surface area contributed by atoms with Crippen LogP contribution >= 0.6 is 0 Å². The molecule has 1 saturated heterocycles. The maximum atomic E-state index is 4.21. The van der Waals surface area contributed by atoms with Gasteiger partial charge in [0, 0.05) is 13.1 Å². The topological polar surface area (TPSA) is 14.1 Å². The van der Waals surface area contributed by atoms with E-state index in [2.05, 4.69) is 12.2 Å². The molecule has 1 aliphatic heterocycles. The van der Waals surface area contributed by atoms with Gasteiger partial charge in [-0.3, -0.25) is 0 Å². The molecule has 0 aromatic carbocycles. The minimum absolute atomic E-state index is 1.08. The zero-order valence-corrected chi connectivity index (χ0v) is 4.78. The lowest BCUT2D eigenvalue weighted by atomic mass is 10.0. The van der Waals surface area contributed by atoms with Gasteiger partial charge in [0.1, 0.15) is 0 Å². The van der Waals surface area contributed by atoms with E-state index in [-0.39, 0.29) is 0 Å². The fourth-order valence-electron chi connectivity index (χ4n) is 0.777. The Balaban J connectivity index is 2.12. The summed E-state index contributed by atoms with van der Waals surface area (Å²) in [5.74, 6) is 1.62. The second kappa shape index (κ2) is 2.31. The molecule has 1 heteroatoms. The Labute approximate surface area is 45.1 Å². The van der Waals surface area contributed by atoms with Gasteiger partial charge in [0.05, 0.1) is 0 Å². The molecule has 0 bridgehead atoms. The smallest absolute Gasteiger partial charge is 0.0138 e. The molecule has 40 valence electrons. The van der Waals surface area contributed by atoms with Gasteiger partial charge in [-0.2, -0.15) is 0 Å². The molecule has 1 heterocycles. The number of rotatable bonds is 0. The van der Waals surface area contributed by atoms with Crippen molar-refractivity contribution in [2.75, 3.05) is 13.1 Å². The maximum absolute atomic E-state index is 4.21. The van der Waals surface area contributed by atoms with E-state index in [4.69, 9.17) is 0 Å². The average molecular weight is 97.2 g/mol. The second-order valence-electron chi connectivity index (χ2n) is 2.13. The minimum atomic E-state index is 1.08. The summed E-state index contributed by atoms with van der Waals surface area (Å²) in [6, 6.07) is 0. The Morgan fingerprint density at radius 2 is 1.86 bits per heavy atom. The highest BCUT2D eigenvalue weighted by Gasteiger charge is 2.06. The molecule has 1 aliphatic rings. The van der Waals surface area contributed by atoms with E-state index in [1.807, 2.05) is 0 Å². The predicted octanol–water partition coefficient (Wildman–Crippen LogP) is 0.979. The first-order chi connectivity index (χ1) is 3.39. The van der Waals surface area contributed by atoms with Crippen LogP contribution in [0.3, 0.4) is 0 Å². The summed E-state index contributed by atoms with van der Waals surface area (Å²) in [5.41, 5.74) is 0. The molecule has 0 amide bonds. The molecule has 2 radical (unpaired) electrons. The van der Waals surface area contributed by atoms with E-state index in [1.54, 1.807) is 5.92 Å². The van der Waals surface area contributed by atoms with Crippen LogP contribution in [0, 0.1) is 5.92 Å². The number of nitrogens with zero attached hydrogens (tertiary/aromatic N) is 1. The van der Waals surface area contributed by atoms with E-state index in [1.165, 1.54) is 12.8 Å². The van der Waals surface area contributed by atoms with Crippen molar-refractivity contribution in [1.29, 1.82) is 0 Å². The number of piperidine rings is 1. The third-order valence-electron chi connectivity index (χ3n) is 1.39. The van der Waals surface area contributed by atoms with Crippen molar-refractivity contribution < 1.29 is 0 Å². The molecule has 7 heavy (non-hydrogen) atoms. The molecule has 0 saturated carbocycles. The number of hydrogen-bond acceptors (Lipinski definition) is 0. The van der Waals surface area contributed by atoms with Gasteiger partial charge in [-0.25, -0.2) is 5.32 Å². The van der Waals surface area contributed by atoms with E-state index in [0.717, 1.165) is 13.1 Å². The van der Waals surface area contributed by atoms with Gasteiger partial charge < -0.3 is 0 Å². The molecule has 0 spiro atoms. The maximum Gasteiger partial charge on any atom is 0.0138 e. The SMILES string of the molecule is C[C]1CC[N]CC1. The summed E-state index contributed by atoms with van der Waals surface area (Å²) in [7, 11) is 0. The highest BCUT2D eigenvalue weighted by molar-refractivity contribution is 4.88. The zero-order valence-electron chi connectivity index (χ0n) is 4.78. The van der Waals surface area contributed by atoms with Crippen LogP contribution in [0.15, 0.2) is 0 Å². The lowest BCUT2D eigenvalue weighted by Gasteiger charge is -2.15. The van der Waals surface area contributed by atoms with Crippen molar-refractivity contribution in [1.82, 2.24) is 5.32 Å². The molecule has 0 atom stereocenters. The molecule has 0 aromatic heterocycles. The van der Waals surface area contributed by atoms with Crippen molar-refractivity contribution in [3.8, 4) is 0 Å². The molecular formula is C6H11N. The van der Waals surface area contributed by atoms with Crippen molar-refractivity contribution >= 4 is 0 Å². The number of hydrogen-bond donors (Lipinski definition) is 0. The van der Waals surface area contributed by atoms with Crippen molar-refractivity contribution in [3.63, 3.8) is 0 Å². The molecule has 0 aromatic rings. The Morgan fingerprint density at radius 1 is 1.29 bits per heavy atom. The van der Waals surface area contributed by atoms with Crippen LogP contribution < -0.4 is 5.32 Å². The third-order valence-corrected chi connectivity index (χ3v) is 1.39. The first kappa shape index (κ1) is 5.10. The van der Waals surface area contributed by atoms with Crippen molar-refractivity contribution in [2.45, 2.75) is 19.8 Å². The molecule has 1 nitrogen and oxygen atoms in total. The highest BCUT2D eigenvalue weighted by atomic mass is 14.9. The van der Waals surface area contributed by atoms with Crippen LogP contribution in [-0.2, 0) is 0 Å². The quantitative estimate of drug-likeness (QED) is 0.428.